The van der Waals surface area contributed by atoms with Gasteiger partial charge in [-0.3, -0.25) is 20.2 Å². The smallest absolute Gasteiger partial charge is 0.302 e. The number of imide groups is 1. The van der Waals surface area contributed by atoms with Crippen molar-refractivity contribution in [3.63, 3.8) is 0 Å². The zero-order valence-corrected chi connectivity index (χ0v) is 11.3. The predicted octanol–water partition coefficient (Wildman–Crippen LogP) is 2.61. The Balaban J connectivity index is 2.79. The average molecular weight is 327 g/mol. The maximum Gasteiger partial charge on any atom is 0.326 e. The molecule has 0 heterocycles. The highest BCUT2D eigenvalue weighted by molar-refractivity contribution is 6.76. The van der Waals surface area contributed by atoms with Gasteiger partial charge in [-0.25, -0.2) is 4.79 Å². The molecule has 0 aliphatic rings. The fraction of sp³-hybridized carbons (Fsp3) is 0.111. The Bertz CT molecular complexity index is 530. The zero-order chi connectivity index (χ0) is 14.6. The Labute approximate surface area is 122 Å². The molecule has 102 valence electrons. The summed E-state index contributed by atoms with van der Waals surface area (Å²) in [4.78, 5) is 32.6. The van der Waals surface area contributed by atoms with Crippen LogP contribution >= 0.6 is 34.8 Å². The molecule has 7 nitrogen and oxygen atoms in total. The molecule has 0 saturated carbocycles. The Morgan fingerprint density at radius 2 is 1.79 bits per heavy atom. The minimum absolute atomic E-state index is 0.0953. The molecule has 0 radical (unpaired) electrons. The molecule has 1 aromatic carbocycles. The molecule has 0 fully saturated rings. The van der Waals surface area contributed by atoms with Crippen molar-refractivity contribution in [2.75, 3.05) is 5.32 Å². The number of amides is 3. The van der Waals surface area contributed by atoms with E-state index in [1.807, 2.05) is 0 Å². The molecule has 0 aliphatic heterocycles. The molecule has 0 aliphatic carbocycles. The monoisotopic (exact) mass is 325 g/mol. The van der Waals surface area contributed by atoms with E-state index in [1.54, 1.807) is 5.32 Å². The standard InChI is InChI=1S/C9H6Cl3N3O4/c10-9(11,12)7(16)14-8(17)13-5-3-1-2-4-6(5)15(18)19/h1-4H,(H2,13,14,16,17). The summed E-state index contributed by atoms with van der Waals surface area (Å²) in [7, 11) is 0. The molecule has 2 N–H and O–H groups in total. The maximum atomic E-state index is 11.4. The van der Waals surface area contributed by atoms with Gasteiger partial charge in [-0.2, -0.15) is 0 Å². The molecule has 3 amide bonds. The molecular formula is C9H6Cl3N3O4. The van der Waals surface area contributed by atoms with E-state index >= 15 is 0 Å². The van der Waals surface area contributed by atoms with Crippen LogP contribution in [0, 0.1) is 10.1 Å². The highest BCUT2D eigenvalue weighted by Gasteiger charge is 2.32. The van der Waals surface area contributed by atoms with Crippen molar-refractivity contribution in [2.24, 2.45) is 0 Å². The van der Waals surface area contributed by atoms with E-state index in [0.717, 1.165) is 0 Å². The van der Waals surface area contributed by atoms with Gasteiger partial charge in [-0.05, 0) is 6.07 Å². The number of rotatable bonds is 2. The van der Waals surface area contributed by atoms with Crippen molar-refractivity contribution in [3.8, 4) is 0 Å². The van der Waals surface area contributed by atoms with Crippen molar-refractivity contribution in [2.45, 2.75) is 3.79 Å². The molecule has 0 atom stereocenters. The van der Waals surface area contributed by atoms with E-state index in [1.165, 1.54) is 24.3 Å². The fourth-order valence-corrected chi connectivity index (χ4v) is 1.21. The van der Waals surface area contributed by atoms with Crippen LogP contribution in [0.15, 0.2) is 24.3 Å². The highest BCUT2D eigenvalue weighted by Crippen LogP contribution is 2.26. The minimum Gasteiger partial charge on any atom is -0.302 e. The summed E-state index contributed by atoms with van der Waals surface area (Å²) in [6.07, 6.45) is 0. The van der Waals surface area contributed by atoms with Gasteiger partial charge in [0.2, 0.25) is 0 Å². The minimum atomic E-state index is -2.31. The van der Waals surface area contributed by atoms with Crippen LogP contribution in [0.2, 0.25) is 0 Å². The summed E-state index contributed by atoms with van der Waals surface area (Å²) in [5.41, 5.74) is -0.430. The van der Waals surface area contributed by atoms with E-state index in [2.05, 4.69) is 5.32 Å². The number of nitro groups is 1. The Morgan fingerprint density at radius 1 is 1.21 bits per heavy atom. The van der Waals surface area contributed by atoms with Gasteiger partial charge >= 0.3 is 6.03 Å². The normalized spacial score (nSPS) is 10.7. The molecule has 0 bridgehead atoms. The largest absolute Gasteiger partial charge is 0.326 e. The first-order valence-corrected chi connectivity index (χ1v) is 5.78. The quantitative estimate of drug-likeness (QED) is 0.495. The lowest BCUT2D eigenvalue weighted by atomic mass is 10.3. The van der Waals surface area contributed by atoms with Crippen molar-refractivity contribution >= 4 is 58.1 Å². The van der Waals surface area contributed by atoms with E-state index in [-0.39, 0.29) is 11.4 Å². The maximum absolute atomic E-state index is 11.4. The third-order valence-corrected chi connectivity index (χ3v) is 2.35. The number of nitrogens with zero attached hydrogens (tertiary/aromatic N) is 1. The summed E-state index contributed by atoms with van der Waals surface area (Å²) >= 11 is 15.7. The first kappa shape index (κ1) is 15.5. The third kappa shape index (κ3) is 4.55. The number of halogens is 3. The van der Waals surface area contributed by atoms with Gasteiger partial charge in [0.05, 0.1) is 4.92 Å². The molecule has 0 unspecified atom stereocenters. The number of nitrogens with one attached hydrogen (secondary N) is 2. The van der Waals surface area contributed by atoms with E-state index in [9.17, 15) is 19.7 Å². The lowest BCUT2D eigenvalue weighted by Crippen LogP contribution is -2.41. The predicted molar refractivity (Wildman–Crippen MR) is 70.5 cm³/mol. The van der Waals surface area contributed by atoms with Gasteiger partial charge in [0.15, 0.2) is 0 Å². The van der Waals surface area contributed by atoms with Gasteiger partial charge in [-0.15, -0.1) is 0 Å². The number of anilines is 1. The first-order chi connectivity index (χ1) is 8.71. The van der Waals surface area contributed by atoms with Crippen LogP contribution in [0.3, 0.4) is 0 Å². The number of urea groups is 1. The molecule has 1 rings (SSSR count). The van der Waals surface area contributed by atoms with Crippen LogP contribution < -0.4 is 10.6 Å². The first-order valence-electron chi connectivity index (χ1n) is 4.64. The van der Waals surface area contributed by atoms with Gasteiger partial charge in [0.25, 0.3) is 15.4 Å². The van der Waals surface area contributed by atoms with E-state index in [0.29, 0.717) is 0 Å². The third-order valence-electron chi connectivity index (χ3n) is 1.83. The van der Waals surface area contributed by atoms with Crippen LogP contribution in [0.25, 0.3) is 0 Å². The molecular weight excluding hydrogens is 320 g/mol. The summed E-state index contributed by atoms with van der Waals surface area (Å²) in [6, 6.07) is 4.32. The average Bonchev–Trinajstić information content (AvgIpc) is 2.27. The van der Waals surface area contributed by atoms with Gasteiger partial charge in [0, 0.05) is 6.07 Å². The lowest BCUT2D eigenvalue weighted by molar-refractivity contribution is -0.383. The van der Waals surface area contributed by atoms with Crippen LogP contribution in [-0.2, 0) is 4.79 Å². The number of hydrogen-bond donors (Lipinski definition) is 2. The molecule has 0 spiro atoms. The Hall–Kier alpha value is -1.57. The molecule has 0 saturated heterocycles. The summed E-state index contributed by atoms with van der Waals surface area (Å²) < 4.78 is -2.31. The number of benzene rings is 1. The van der Waals surface area contributed by atoms with Crippen LogP contribution in [0.4, 0.5) is 16.2 Å². The fourth-order valence-electron chi connectivity index (χ4n) is 1.07. The van der Waals surface area contributed by atoms with E-state index in [4.69, 9.17) is 34.8 Å². The number of para-hydroxylation sites is 2. The van der Waals surface area contributed by atoms with Gasteiger partial charge in [0.1, 0.15) is 5.69 Å². The van der Waals surface area contributed by atoms with Gasteiger partial charge < -0.3 is 5.32 Å². The second-order valence-electron chi connectivity index (χ2n) is 3.18. The summed E-state index contributed by atoms with van der Waals surface area (Å²) in [5, 5.41) is 14.5. The van der Waals surface area contributed by atoms with E-state index < -0.39 is 20.7 Å². The lowest BCUT2D eigenvalue weighted by Gasteiger charge is -2.11. The number of nitro benzene ring substituents is 1. The summed E-state index contributed by atoms with van der Waals surface area (Å²) in [6.45, 7) is 0. The Morgan fingerprint density at radius 3 is 2.32 bits per heavy atom. The van der Waals surface area contributed by atoms with Gasteiger partial charge in [-0.1, -0.05) is 46.9 Å². The topological polar surface area (TPSA) is 101 Å². The van der Waals surface area contributed by atoms with Crippen molar-refractivity contribution in [1.29, 1.82) is 0 Å². The molecule has 10 heteroatoms. The molecule has 1 aromatic rings. The molecule has 0 aromatic heterocycles. The zero-order valence-electron chi connectivity index (χ0n) is 9.02. The van der Waals surface area contributed by atoms with Crippen molar-refractivity contribution < 1.29 is 14.5 Å². The van der Waals surface area contributed by atoms with Crippen molar-refractivity contribution in [1.82, 2.24) is 5.32 Å². The summed E-state index contributed by atoms with van der Waals surface area (Å²) in [5.74, 6) is -1.17. The number of carbonyl (C=O) groups is 2. The number of alkyl halides is 3. The number of carbonyl (C=O) groups excluding carboxylic acids is 2. The SMILES string of the molecule is O=C(NC(=O)C(Cl)(Cl)Cl)Nc1ccccc1[N+](=O)[O-]. The van der Waals surface area contributed by atoms with Crippen LogP contribution in [0.1, 0.15) is 0 Å². The van der Waals surface area contributed by atoms with Crippen LogP contribution in [0.5, 0.6) is 0 Å². The highest BCUT2D eigenvalue weighted by atomic mass is 35.6. The van der Waals surface area contributed by atoms with Crippen molar-refractivity contribution in [3.05, 3.63) is 34.4 Å². The second-order valence-corrected chi connectivity index (χ2v) is 5.46. The molecule has 19 heavy (non-hydrogen) atoms. The Kier molecular flexibility index (Phi) is 4.93. The second kappa shape index (κ2) is 6.05. The van der Waals surface area contributed by atoms with Crippen LogP contribution in [-0.4, -0.2) is 20.7 Å². The number of hydrogen-bond acceptors (Lipinski definition) is 4.